The summed E-state index contributed by atoms with van der Waals surface area (Å²) in [6.45, 7) is 6.76. The van der Waals surface area contributed by atoms with Crippen molar-refractivity contribution in [1.82, 2.24) is 31.2 Å². The van der Waals surface area contributed by atoms with Gasteiger partial charge in [-0.05, 0) is 48.3 Å². The van der Waals surface area contributed by atoms with E-state index in [4.69, 9.17) is 10.8 Å². The maximum Gasteiger partial charge on any atom is 0.322 e. The Hall–Kier alpha value is -5.24. The highest BCUT2D eigenvalue weighted by atomic mass is 16.4. The predicted molar refractivity (Wildman–Crippen MR) is 196 cm³/mol. The number of hydrogen-bond donors (Lipinski definition) is 7. The van der Waals surface area contributed by atoms with Crippen molar-refractivity contribution in [3.05, 3.63) is 71.9 Å². The zero-order chi connectivity index (χ0) is 37.9. The minimum atomic E-state index is -1.22. The van der Waals surface area contributed by atoms with Gasteiger partial charge in [0, 0.05) is 30.1 Å². The smallest absolute Gasteiger partial charge is 0.322 e. The lowest BCUT2D eigenvalue weighted by molar-refractivity contribution is -0.142. The fourth-order valence-electron chi connectivity index (χ4n) is 6.47. The zero-order valence-electron chi connectivity index (χ0n) is 30.2. The van der Waals surface area contributed by atoms with Crippen molar-refractivity contribution in [2.75, 3.05) is 13.1 Å². The van der Waals surface area contributed by atoms with Gasteiger partial charge in [0.1, 0.15) is 30.7 Å². The van der Waals surface area contributed by atoms with Gasteiger partial charge in [-0.15, -0.1) is 0 Å². The first-order valence-corrected chi connectivity index (χ1v) is 17.9. The quantitative estimate of drug-likeness (QED) is 0.109. The second-order valence-corrected chi connectivity index (χ2v) is 13.8. The highest BCUT2D eigenvalue weighted by molar-refractivity contribution is 5.97. The lowest BCUT2D eigenvalue weighted by Gasteiger charge is -2.31. The van der Waals surface area contributed by atoms with Crippen molar-refractivity contribution in [3.8, 4) is 0 Å². The van der Waals surface area contributed by atoms with Crippen LogP contribution in [0.5, 0.6) is 0 Å². The first-order chi connectivity index (χ1) is 24.8. The molecule has 0 radical (unpaired) electrons. The number of hydrogen-bond acceptors (Lipinski definition) is 7. The molecule has 1 aliphatic rings. The molecule has 4 rings (SSSR count). The Morgan fingerprint density at radius 1 is 0.885 bits per heavy atom. The van der Waals surface area contributed by atoms with Gasteiger partial charge in [-0.3, -0.25) is 28.8 Å². The molecule has 2 aromatic carbocycles. The number of H-pyrrole nitrogens is 1. The van der Waals surface area contributed by atoms with Gasteiger partial charge >= 0.3 is 5.97 Å². The number of carbonyl (C=O) groups excluding carboxylic acids is 5. The Labute approximate surface area is 303 Å². The van der Waals surface area contributed by atoms with E-state index in [9.17, 15) is 28.8 Å². The van der Waals surface area contributed by atoms with Crippen molar-refractivity contribution in [1.29, 1.82) is 0 Å². The van der Waals surface area contributed by atoms with Crippen LogP contribution in [0.1, 0.15) is 58.1 Å². The lowest BCUT2D eigenvalue weighted by atomic mass is 9.96. The largest absolute Gasteiger partial charge is 0.480 e. The normalized spacial score (nSPS) is 17.1. The number of aromatic nitrogens is 1. The number of para-hydroxylation sites is 1. The summed E-state index contributed by atoms with van der Waals surface area (Å²) in [6, 6.07) is 12.0. The van der Waals surface area contributed by atoms with Crippen LogP contribution in [0.15, 0.2) is 60.8 Å². The number of nitrogens with two attached hydrogens (primary N) is 1. The fourth-order valence-corrected chi connectivity index (χ4v) is 6.47. The molecule has 5 amide bonds. The van der Waals surface area contributed by atoms with E-state index >= 15 is 0 Å². The van der Waals surface area contributed by atoms with Crippen LogP contribution in [0.2, 0.25) is 0 Å². The molecule has 0 spiro atoms. The summed E-state index contributed by atoms with van der Waals surface area (Å²) in [4.78, 5) is 83.8. The van der Waals surface area contributed by atoms with Gasteiger partial charge in [0.2, 0.25) is 29.5 Å². The van der Waals surface area contributed by atoms with E-state index in [1.807, 2.05) is 61.5 Å². The van der Waals surface area contributed by atoms with Gasteiger partial charge in [0.25, 0.3) is 0 Å². The first kappa shape index (κ1) is 39.5. The van der Waals surface area contributed by atoms with E-state index in [2.05, 4.69) is 26.3 Å². The van der Waals surface area contributed by atoms with E-state index in [1.54, 1.807) is 27.0 Å². The van der Waals surface area contributed by atoms with E-state index in [0.29, 0.717) is 19.3 Å². The second-order valence-electron chi connectivity index (χ2n) is 13.8. The highest BCUT2D eigenvalue weighted by Crippen LogP contribution is 2.23. The number of carboxylic acids is 1. The number of aliphatic carboxylic acids is 1. The number of carboxylic acid groups (broad SMARTS) is 1. The minimum absolute atomic E-state index is 0.148. The summed E-state index contributed by atoms with van der Waals surface area (Å²) in [7, 11) is 0. The van der Waals surface area contributed by atoms with Crippen LogP contribution in [0.4, 0.5) is 0 Å². The number of aromatic amines is 1. The van der Waals surface area contributed by atoms with Crippen molar-refractivity contribution in [2.45, 2.75) is 90.0 Å². The number of amides is 5. The van der Waals surface area contributed by atoms with Crippen molar-refractivity contribution < 1.29 is 33.9 Å². The molecule has 0 bridgehead atoms. The molecule has 1 fully saturated rings. The van der Waals surface area contributed by atoms with E-state index < -0.39 is 78.2 Å². The average Bonchev–Trinajstić information content (AvgIpc) is 3.79. The molecule has 1 aliphatic heterocycles. The molecule has 1 saturated heterocycles. The van der Waals surface area contributed by atoms with Crippen LogP contribution in [0.25, 0.3) is 10.9 Å². The number of carbonyl (C=O) groups is 6. The molecule has 6 atom stereocenters. The first-order valence-electron chi connectivity index (χ1n) is 17.9. The van der Waals surface area contributed by atoms with Crippen LogP contribution in [0, 0.1) is 11.8 Å². The second kappa shape index (κ2) is 18.3. The number of benzene rings is 2. The number of nitrogens with zero attached hydrogens (tertiary/aromatic N) is 1. The third kappa shape index (κ3) is 10.2. The molecule has 280 valence electrons. The topological polar surface area (TPSA) is 216 Å². The Bertz CT molecular complexity index is 1730. The number of likely N-dealkylation sites (tertiary alicyclic amines) is 1. The Kier molecular flexibility index (Phi) is 13.9. The molecule has 2 heterocycles. The molecular formula is C38H51N7O7. The molecule has 52 heavy (non-hydrogen) atoms. The van der Waals surface area contributed by atoms with Crippen molar-refractivity contribution in [2.24, 2.45) is 17.6 Å². The minimum Gasteiger partial charge on any atom is -0.480 e. The summed E-state index contributed by atoms with van der Waals surface area (Å²) in [5.41, 5.74) is 8.88. The summed E-state index contributed by atoms with van der Waals surface area (Å²) < 4.78 is 0. The maximum absolute atomic E-state index is 14.3. The molecule has 1 aromatic heterocycles. The van der Waals surface area contributed by atoms with Crippen LogP contribution in [-0.2, 0) is 41.6 Å². The van der Waals surface area contributed by atoms with E-state index in [1.165, 1.54) is 4.90 Å². The summed E-state index contributed by atoms with van der Waals surface area (Å²) in [5, 5.41) is 20.6. The van der Waals surface area contributed by atoms with Gasteiger partial charge in [0.15, 0.2) is 0 Å². The summed E-state index contributed by atoms with van der Waals surface area (Å²) in [6.07, 6.45) is 3.62. The monoisotopic (exact) mass is 717 g/mol. The summed E-state index contributed by atoms with van der Waals surface area (Å²) in [5.74, 6) is -4.66. The molecule has 0 aliphatic carbocycles. The maximum atomic E-state index is 14.3. The van der Waals surface area contributed by atoms with Gasteiger partial charge in [-0.2, -0.15) is 0 Å². The Morgan fingerprint density at radius 3 is 2.25 bits per heavy atom. The van der Waals surface area contributed by atoms with E-state index in [0.717, 1.165) is 22.0 Å². The van der Waals surface area contributed by atoms with Crippen molar-refractivity contribution >= 4 is 46.4 Å². The number of rotatable bonds is 17. The molecule has 8 N–H and O–H groups in total. The molecule has 14 heteroatoms. The predicted octanol–water partition coefficient (Wildman–Crippen LogP) is 1.63. The van der Waals surface area contributed by atoms with Crippen molar-refractivity contribution in [3.63, 3.8) is 0 Å². The molecular weight excluding hydrogens is 666 g/mol. The number of nitrogens with one attached hydrogen (secondary N) is 5. The number of fused-ring (bicyclic) bond motifs is 1. The van der Waals surface area contributed by atoms with Crippen LogP contribution >= 0.6 is 0 Å². The fraction of sp³-hybridized carbons (Fsp3) is 0.474. The van der Waals surface area contributed by atoms with Crippen LogP contribution in [0.3, 0.4) is 0 Å². The lowest BCUT2D eigenvalue weighted by Crippen LogP contribution is -2.60. The Balaban J connectivity index is 1.52. The average molecular weight is 718 g/mol. The van der Waals surface area contributed by atoms with Gasteiger partial charge in [-0.1, -0.05) is 82.6 Å². The SMILES string of the molecule is CC[C@H](C)[C@H](NC(=O)[C@@H](NC(=O)[C@@H]1CCCN1C(=O)[C@H](Cc1c[nH]c2ccccc12)NC(=O)[C@@H](N)Cc1ccccc1)C(C)C)C(=O)NCC(=O)O. The molecule has 0 unspecified atom stereocenters. The molecule has 14 nitrogen and oxygen atoms in total. The molecule has 3 aromatic rings. The van der Waals surface area contributed by atoms with Gasteiger partial charge < -0.3 is 42.0 Å². The highest BCUT2D eigenvalue weighted by Gasteiger charge is 2.40. The van der Waals surface area contributed by atoms with E-state index in [-0.39, 0.29) is 25.3 Å². The third-order valence-electron chi connectivity index (χ3n) is 9.64. The zero-order valence-corrected chi connectivity index (χ0v) is 30.2. The van der Waals surface area contributed by atoms with Gasteiger partial charge in [0.05, 0.1) is 6.04 Å². The third-order valence-corrected chi connectivity index (χ3v) is 9.64. The van der Waals surface area contributed by atoms with Gasteiger partial charge in [-0.25, -0.2) is 0 Å². The standard InChI is InChI=1S/C38H51N7O7/c1-5-23(4)33(36(50)41-21-31(46)47)44-37(51)32(22(2)3)43-35(49)30-16-11-17-45(30)38(52)29(19-25-20-40-28-15-10-9-14-26(25)28)42-34(48)27(39)18-24-12-7-6-8-13-24/h6-10,12-15,20,22-23,27,29-30,32-33,40H,5,11,16-19,21,39H2,1-4H3,(H,41,50)(H,42,48)(H,43,49)(H,44,51)(H,46,47)/t23-,27-,29-,30-,32-,33-/m0/s1. The van der Waals surface area contributed by atoms with Crippen LogP contribution < -0.4 is 27.0 Å². The Morgan fingerprint density at radius 2 is 1.58 bits per heavy atom. The van der Waals surface area contributed by atoms with Crippen LogP contribution in [-0.4, -0.2) is 93.8 Å². The molecule has 0 saturated carbocycles. The summed E-state index contributed by atoms with van der Waals surface area (Å²) >= 11 is 0.